The van der Waals surface area contributed by atoms with Crippen molar-refractivity contribution < 1.29 is 14.3 Å². The van der Waals surface area contributed by atoms with E-state index in [9.17, 15) is 4.79 Å². The van der Waals surface area contributed by atoms with Gasteiger partial charge in [0.2, 0.25) is 5.88 Å². The third kappa shape index (κ3) is 2.04. The molecule has 0 aliphatic carbocycles. The molecule has 0 fully saturated rings. The van der Waals surface area contributed by atoms with Crippen molar-refractivity contribution in [1.82, 2.24) is 9.97 Å². The molecule has 5 heteroatoms. The van der Waals surface area contributed by atoms with E-state index in [1.807, 2.05) is 0 Å². The van der Waals surface area contributed by atoms with Gasteiger partial charge in [-0.1, -0.05) is 0 Å². The topological polar surface area (TPSA) is 61.3 Å². The minimum Gasteiger partial charge on any atom is -0.497 e. The van der Waals surface area contributed by atoms with Gasteiger partial charge in [0.25, 0.3) is 0 Å². The maximum atomic E-state index is 11.3. The molecular weight excluding hydrogens is 220 g/mol. The third-order valence-electron chi connectivity index (χ3n) is 2.38. The number of ether oxygens (including phenoxy) is 2. The van der Waals surface area contributed by atoms with E-state index in [-0.39, 0.29) is 11.6 Å². The van der Waals surface area contributed by atoms with Gasteiger partial charge in [-0.05, 0) is 18.2 Å². The number of Topliss-reactive ketones (excluding diaryl/α,β-unsaturated/α-hetero) is 1. The number of benzene rings is 1. The summed E-state index contributed by atoms with van der Waals surface area (Å²) in [4.78, 5) is 19.5. The fourth-order valence-corrected chi connectivity index (χ4v) is 1.52. The molecule has 17 heavy (non-hydrogen) atoms. The number of hydrogen-bond donors (Lipinski definition) is 0. The Kier molecular flexibility index (Phi) is 2.91. The number of ketones is 1. The number of fused-ring (bicyclic) bond motifs is 1. The van der Waals surface area contributed by atoms with Gasteiger partial charge >= 0.3 is 0 Å². The average Bonchev–Trinajstić information content (AvgIpc) is 2.36. The van der Waals surface area contributed by atoms with Crippen LogP contribution in [0.15, 0.2) is 18.2 Å². The fraction of sp³-hybridized carbons (Fsp3) is 0.250. The maximum Gasteiger partial charge on any atom is 0.224 e. The third-order valence-corrected chi connectivity index (χ3v) is 2.38. The molecule has 0 saturated carbocycles. The zero-order chi connectivity index (χ0) is 12.4. The van der Waals surface area contributed by atoms with Crippen LogP contribution in [0.25, 0.3) is 10.9 Å². The lowest BCUT2D eigenvalue weighted by molar-refractivity contribution is 0.100. The highest BCUT2D eigenvalue weighted by Crippen LogP contribution is 2.26. The predicted molar refractivity (Wildman–Crippen MR) is 62.6 cm³/mol. The van der Waals surface area contributed by atoms with Crippen LogP contribution in [-0.4, -0.2) is 30.0 Å². The molecule has 1 aromatic heterocycles. The van der Waals surface area contributed by atoms with E-state index in [1.165, 1.54) is 14.0 Å². The van der Waals surface area contributed by atoms with E-state index in [0.29, 0.717) is 17.1 Å². The molecule has 5 nitrogen and oxygen atoms in total. The summed E-state index contributed by atoms with van der Waals surface area (Å²) in [5.41, 5.74) is 0.655. The zero-order valence-corrected chi connectivity index (χ0v) is 9.85. The van der Waals surface area contributed by atoms with Crippen LogP contribution in [0.4, 0.5) is 0 Å². The molecule has 1 aromatic carbocycles. The number of carbonyl (C=O) groups excluding carboxylic acids is 1. The van der Waals surface area contributed by atoms with Crippen LogP contribution in [0.2, 0.25) is 0 Å². The van der Waals surface area contributed by atoms with Gasteiger partial charge in [0.05, 0.1) is 25.1 Å². The van der Waals surface area contributed by atoms with Gasteiger partial charge in [-0.3, -0.25) is 4.79 Å². The first-order chi connectivity index (χ1) is 8.15. The van der Waals surface area contributed by atoms with Gasteiger partial charge in [0.15, 0.2) is 11.6 Å². The highest BCUT2D eigenvalue weighted by atomic mass is 16.5. The van der Waals surface area contributed by atoms with Crippen LogP contribution in [0.1, 0.15) is 17.5 Å². The molecule has 0 amide bonds. The molecule has 0 aliphatic rings. The molecule has 1 heterocycles. The Morgan fingerprint density at radius 3 is 2.53 bits per heavy atom. The summed E-state index contributed by atoms with van der Waals surface area (Å²) in [6.45, 7) is 1.42. The Morgan fingerprint density at radius 1 is 1.18 bits per heavy atom. The van der Waals surface area contributed by atoms with Gasteiger partial charge in [-0.15, -0.1) is 0 Å². The minimum atomic E-state index is -0.194. The van der Waals surface area contributed by atoms with E-state index in [2.05, 4.69) is 9.97 Å². The smallest absolute Gasteiger partial charge is 0.224 e. The first kappa shape index (κ1) is 11.3. The van der Waals surface area contributed by atoms with Crippen molar-refractivity contribution in [3.05, 3.63) is 24.0 Å². The molecule has 0 unspecified atom stereocenters. The summed E-state index contributed by atoms with van der Waals surface area (Å²) in [6.07, 6.45) is 0. The van der Waals surface area contributed by atoms with Crippen molar-refractivity contribution in [3.8, 4) is 11.6 Å². The monoisotopic (exact) mass is 232 g/mol. The molecule has 0 atom stereocenters. The molecule has 2 rings (SSSR count). The SMILES string of the molecule is COc1ccc2nc(C(C)=O)nc(OC)c2c1. The number of aromatic nitrogens is 2. The lowest BCUT2D eigenvalue weighted by Gasteiger charge is -2.07. The van der Waals surface area contributed by atoms with Crippen molar-refractivity contribution in [2.75, 3.05) is 14.2 Å². The van der Waals surface area contributed by atoms with Crippen molar-refractivity contribution in [2.24, 2.45) is 0 Å². The zero-order valence-electron chi connectivity index (χ0n) is 9.85. The number of hydrogen-bond acceptors (Lipinski definition) is 5. The van der Waals surface area contributed by atoms with Crippen LogP contribution in [0.5, 0.6) is 11.6 Å². The summed E-state index contributed by atoms with van der Waals surface area (Å²) in [7, 11) is 3.09. The number of carbonyl (C=O) groups is 1. The Morgan fingerprint density at radius 2 is 1.94 bits per heavy atom. The van der Waals surface area contributed by atoms with Crippen LogP contribution in [-0.2, 0) is 0 Å². The minimum absolute atomic E-state index is 0.152. The van der Waals surface area contributed by atoms with Crippen LogP contribution in [0.3, 0.4) is 0 Å². The average molecular weight is 232 g/mol. The first-order valence-electron chi connectivity index (χ1n) is 5.06. The molecule has 0 spiro atoms. The normalized spacial score (nSPS) is 10.3. The lowest BCUT2D eigenvalue weighted by Crippen LogP contribution is -2.03. The highest BCUT2D eigenvalue weighted by Gasteiger charge is 2.11. The molecule has 0 bridgehead atoms. The van der Waals surface area contributed by atoms with E-state index >= 15 is 0 Å². The van der Waals surface area contributed by atoms with Crippen molar-refractivity contribution in [1.29, 1.82) is 0 Å². The second-order valence-corrected chi connectivity index (χ2v) is 3.50. The Bertz CT molecular complexity index is 581. The molecule has 0 N–H and O–H groups in total. The van der Waals surface area contributed by atoms with Gasteiger partial charge in [-0.2, -0.15) is 4.98 Å². The summed E-state index contributed by atoms with van der Waals surface area (Å²) < 4.78 is 10.3. The van der Waals surface area contributed by atoms with Crippen molar-refractivity contribution >= 4 is 16.7 Å². The number of rotatable bonds is 3. The fourth-order valence-electron chi connectivity index (χ4n) is 1.52. The molecule has 0 aliphatic heterocycles. The van der Waals surface area contributed by atoms with Crippen LogP contribution < -0.4 is 9.47 Å². The van der Waals surface area contributed by atoms with Crippen LogP contribution >= 0.6 is 0 Å². The molecule has 88 valence electrons. The van der Waals surface area contributed by atoms with Crippen molar-refractivity contribution in [2.45, 2.75) is 6.92 Å². The first-order valence-corrected chi connectivity index (χ1v) is 5.06. The van der Waals surface area contributed by atoms with Gasteiger partial charge in [0.1, 0.15) is 5.75 Å². The van der Waals surface area contributed by atoms with Crippen molar-refractivity contribution in [3.63, 3.8) is 0 Å². The van der Waals surface area contributed by atoms with E-state index in [0.717, 1.165) is 5.39 Å². The lowest BCUT2D eigenvalue weighted by atomic mass is 10.2. The second kappa shape index (κ2) is 4.37. The van der Waals surface area contributed by atoms with E-state index in [4.69, 9.17) is 9.47 Å². The standard InChI is InChI=1S/C12H12N2O3/c1-7(15)11-13-10-5-4-8(16-2)6-9(10)12(14-11)17-3/h4-6H,1-3H3. The molecule has 0 radical (unpaired) electrons. The molecule has 0 saturated heterocycles. The Balaban J connectivity index is 2.72. The Hall–Kier alpha value is -2.17. The summed E-state index contributed by atoms with van der Waals surface area (Å²) >= 11 is 0. The quantitative estimate of drug-likeness (QED) is 0.756. The predicted octanol–water partition coefficient (Wildman–Crippen LogP) is 1.85. The van der Waals surface area contributed by atoms with Gasteiger partial charge in [0, 0.05) is 6.92 Å². The summed E-state index contributed by atoms with van der Waals surface area (Å²) in [5.74, 6) is 1.02. The number of nitrogens with zero attached hydrogens (tertiary/aromatic N) is 2. The van der Waals surface area contributed by atoms with Gasteiger partial charge < -0.3 is 9.47 Å². The van der Waals surface area contributed by atoms with Gasteiger partial charge in [-0.25, -0.2) is 4.98 Å². The maximum absolute atomic E-state index is 11.3. The Labute approximate surface area is 98.4 Å². The second-order valence-electron chi connectivity index (χ2n) is 3.50. The van der Waals surface area contributed by atoms with Crippen LogP contribution in [0, 0.1) is 0 Å². The molecular formula is C12H12N2O3. The molecule has 2 aromatic rings. The summed E-state index contributed by atoms with van der Waals surface area (Å²) in [5, 5.41) is 0.719. The largest absolute Gasteiger partial charge is 0.497 e. The highest BCUT2D eigenvalue weighted by molar-refractivity contribution is 5.94. The summed E-state index contributed by atoms with van der Waals surface area (Å²) in [6, 6.07) is 5.32. The van der Waals surface area contributed by atoms with E-state index < -0.39 is 0 Å². The number of methoxy groups -OCH3 is 2. The van der Waals surface area contributed by atoms with E-state index in [1.54, 1.807) is 25.3 Å².